The van der Waals surface area contributed by atoms with Crippen molar-refractivity contribution in [2.45, 2.75) is 77.5 Å². The highest BCUT2D eigenvalue weighted by atomic mass is 32.2. The number of carbonyl (C=O) groups excluding carboxylic acids is 3. The minimum absolute atomic E-state index is 0.0750. The highest BCUT2D eigenvalue weighted by Gasteiger charge is 2.30. The molecule has 0 heterocycles. The molecule has 192 valence electrons. The fourth-order valence-electron chi connectivity index (χ4n) is 3.10. The van der Waals surface area contributed by atoms with Crippen molar-refractivity contribution < 1.29 is 24.3 Å². The molecule has 0 aromatic rings. The van der Waals surface area contributed by atoms with Crippen LogP contribution in [0.25, 0.3) is 0 Å². The SMILES string of the molecule is CSCCC(N)C(=O)NC(CCSC)C(=O)NC(CC(C)C)C(=O)NC(CC(C)C)C(=O)O. The summed E-state index contributed by atoms with van der Waals surface area (Å²) in [5.74, 6) is -1.03. The number of amides is 3. The normalized spacial score (nSPS) is 14.9. The third-order valence-corrected chi connectivity index (χ3v) is 6.16. The number of nitrogens with two attached hydrogens (primary N) is 1. The molecule has 0 saturated carbocycles. The van der Waals surface area contributed by atoms with Crippen molar-refractivity contribution in [3.8, 4) is 0 Å². The molecule has 0 radical (unpaired) electrons. The van der Waals surface area contributed by atoms with Crippen LogP contribution in [-0.2, 0) is 19.2 Å². The first-order chi connectivity index (χ1) is 15.4. The van der Waals surface area contributed by atoms with Crippen molar-refractivity contribution >= 4 is 47.2 Å². The number of carboxylic acid groups (broad SMARTS) is 1. The first kappa shape index (κ1) is 31.5. The summed E-state index contributed by atoms with van der Waals surface area (Å²) in [5, 5.41) is 17.5. The molecule has 33 heavy (non-hydrogen) atoms. The third-order valence-electron chi connectivity index (χ3n) is 4.88. The molecule has 4 atom stereocenters. The number of rotatable bonds is 17. The van der Waals surface area contributed by atoms with Crippen molar-refractivity contribution in [1.29, 1.82) is 0 Å². The Balaban J connectivity index is 5.41. The van der Waals surface area contributed by atoms with Gasteiger partial charge in [-0.1, -0.05) is 27.7 Å². The largest absolute Gasteiger partial charge is 0.480 e. The van der Waals surface area contributed by atoms with Gasteiger partial charge in [0.1, 0.15) is 18.1 Å². The van der Waals surface area contributed by atoms with Gasteiger partial charge in [0.05, 0.1) is 6.04 Å². The second kappa shape index (κ2) is 17.0. The lowest BCUT2D eigenvalue weighted by Gasteiger charge is -2.26. The zero-order valence-corrected chi connectivity index (χ0v) is 22.3. The number of carbonyl (C=O) groups is 4. The summed E-state index contributed by atoms with van der Waals surface area (Å²) >= 11 is 3.12. The maximum atomic E-state index is 13.0. The molecule has 0 spiro atoms. The molecule has 9 nitrogen and oxygen atoms in total. The van der Waals surface area contributed by atoms with Crippen LogP contribution in [0.4, 0.5) is 0 Å². The Morgan fingerprint density at radius 2 is 1.15 bits per heavy atom. The molecule has 0 aromatic carbocycles. The van der Waals surface area contributed by atoms with Crippen LogP contribution in [0.1, 0.15) is 53.4 Å². The van der Waals surface area contributed by atoms with E-state index in [9.17, 15) is 24.3 Å². The van der Waals surface area contributed by atoms with E-state index in [1.165, 1.54) is 11.8 Å². The Morgan fingerprint density at radius 1 is 0.727 bits per heavy atom. The first-order valence-electron chi connectivity index (χ1n) is 11.3. The van der Waals surface area contributed by atoms with Crippen LogP contribution in [0, 0.1) is 11.8 Å². The van der Waals surface area contributed by atoms with E-state index in [0.717, 1.165) is 5.75 Å². The average Bonchev–Trinajstić information content (AvgIpc) is 2.72. The maximum absolute atomic E-state index is 13.0. The van der Waals surface area contributed by atoms with E-state index < -0.39 is 47.9 Å². The zero-order chi connectivity index (χ0) is 25.6. The molecule has 0 aliphatic carbocycles. The Kier molecular flexibility index (Phi) is 16.3. The Bertz CT molecular complexity index is 634. The van der Waals surface area contributed by atoms with Crippen molar-refractivity contribution in [1.82, 2.24) is 16.0 Å². The van der Waals surface area contributed by atoms with Crippen LogP contribution in [-0.4, -0.2) is 77.0 Å². The van der Waals surface area contributed by atoms with Crippen LogP contribution in [0.5, 0.6) is 0 Å². The zero-order valence-electron chi connectivity index (χ0n) is 20.7. The Labute approximate surface area is 206 Å². The predicted molar refractivity (Wildman–Crippen MR) is 136 cm³/mol. The van der Waals surface area contributed by atoms with Gasteiger partial charge in [0.15, 0.2) is 0 Å². The van der Waals surface area contributed by atoms with E-state index >= 15 is 0 Å². The summed E-state index contributed by atoms with van der Waals surface area (Å²) in [5.41, 5.74) is 5.94. The van der Waals surface area contributed by atoms with Crippen LogP contribution in [0.3, 0.4) is 0 Å². The minimum atomic E-state index is -1.11. The van der Waals surface area contributed by atoms with Gasteiger partial charge < -0.3 is 26.8 Å². The van der Waals surface area contributed by atoms with Crippen LogP contribution >= 0.6 is 23.5 Å². The van der Waals surface area contributed by atoms with E-state index in [1.807, 2.05) is 40.2 Å². The molecule has 0 aliphatic heterocycles. The van der Waals surface area contributed by atoms with Crippen molar-refractivity contribution in [3.05, 3.63) is 0 Å². The van der Waals surface area contributed by atoms with Gasteiger partial charge in [-0.2, -0.15) is 23.5 Å². The van der Waals surface area contributed by atoms with E-state index in [4.69, 9.17) is 5.73 Å². The van der Waals surface area contributed by atoms with Gasteiger partial charge in [-0.15, -0.1) is 0 Å². The van der Waals surface area contributed by atoms with Gasteiger partial charge in [-0.3, -0.25) is 14.4 Å². The van der Waals surface area contributed by atoms with Crippen molar-refractivity contribution in [2.24, 2.45) is 17.6 Å². The lowest BCUT2D eigenvalue weighted by Crippen LogP contribution is -2.57. The number of hydrogen-bond acceptors (Lipinski definition) is 7. The second-order valence-corrected chi connectivity index (χ2v) is 10.9. The van der Waals surface area contributed by atoms with Gasteiger partial charge >= 0.3 is 5.97 Å². The van der Waals surface area contributed by atoms with E-state index in [2.05, 4.69) is 16.0 Å². The van der Waals surface area contributed by atoms with Gasteiger partial charge in [0, 0.05) is 0 Å². The number of aliphatic carboxylic acids is 1. The van der Waals surface area contributed by atoms with Crippen LogP contribution in [0.15, 0.2) is 0 Å². The summed E-state index contributed by atoms with van der Waals surface area (Å²) in [4.78, 5) is 50.0. The summed E-state index contributed by atoms with van der Waals surface area (Å²) in [6.07, 6.45) is 5.32. The van der Waals surface area contributed by atoms with E-state index in [0.29, 0.717) is 25.0 Å². The van der Waals surface area contributed by atoms with Crippen molar-refractivity contribution in [3.63, 3.8) is 0 Å². The first-order valence-corrected chi connectivity index (χ1v) is 14.1. The maximum Gasteiger partial charge on any atom is 0.326 e. The van der Waals surface area contributed by atoms with E-state index in [1.54, 1.807) is 11.8 Å². The lowest BCUT2D eigenvalue weighted by atomic mass is 10.00. The molecule has 0 rings (SSSR count). The lowest BCUT2D eigenvalue weighted by molar-refractivity contribution is -0.143. The topological polar surface area (TPSA) is 151 Å². The smallest absolute Gasteiger partial charge is 0.326 e. The molecule has 0 aliphatic rings. The fourth-order valence-corrected chi connectivity index (χ4v) is 4.06. The quantitative estimate of drug-likeness (QED) is 0.199. The molecule has 4 unspecified atom stereocenters. The highest BCUT2D eigenvalue weighted by molar-refractivity contribution is 7.98. The molecule has 0 saturated heterocycles. The number of carboxylic acids is 1. The molecule has 3 amide bonds. The Hall–Kier alpha value is -1.46. The van der Waals surface area contributed by atoms with Gasteiger partial charge in [0.25, 0.3) is 0 Å². The third kappa shape index (κ3) is 13.7. The average molecular weight is 507 g/mol. The minimum Gasteiger partial charge on any atom is -0.480 e. The van der Waals surface area contributed by atoms with Gasteiger partial charge in [-0.05, 0) is 61.5 Å². The van der Waals surface area contributed by atoms with Crippen LogP contribution in [0.2, 0.25) is 0 Å². The second-order valence-electron chi connectivity index (χ2n) is 8.95. The molecule has 0 bridgehead atoms. The monoisotopic (exact) mass is 506 g/mol. The molecule has 0 fully saturated rings. The summed E-state index contributed by atoms with van der Waals surface area (Å²) in [7, 11) is 0. The summed E-state index contributed by atoms with van der Waals surface area (Å²) < 4.78 is 0. The highest BCUT2D eigenvalue weighted by Crippen LogP contribution is 2.10. The molecule has 0 aromatic heterocycles. The fraction of sp³-hybridized carbons (Fsp3) is 0.818. The summed E-state index contributed by atoms with van der Waals surface area (Å²) in [6, 6.07) is -3.50. The van der Waals surface area contributed by atoms with Crippen molar-refractivity contribution in [2.75, 3.05) is 24.0 Å². The van der Waals surface area contributed by atoms with Gasteiger partial charge in [-0.25, -0.2) is 4.79 Å². The van der Waals surface area contributed by atoms with Gasteiger partial charge in [0.2, 0.25) is 17.7 Å². The predicted octanol–water partition coefficient (Wildman–Crippen LogP) is 1.45. The van der Waals surface area contributed by atoms with E-state index in [-0.39, 0.29) is 18.3 Å². The molecule has 6 N–H and O–H groups in total. The number of hydrogen-bond donors (Lipinski definition) is 5. The molecular formula is C22H42N4O5S2. The molecular weight excluding hydrogens is 464 g/mol. The molecule has 11 heteroatoms. The summed E-state index contributed by atoms with van der Waals surface area (Å²) in [6.45, 7) is 7.57. The standard InChI is InChI=1S/C22H42N4O5S2/c1-13(2)11-17(21(29)26-18(22(30)31)12-14(3)4)25-20(28)16(8-10-33-6)24-19(27)15(23)7-9-32-5/h13-18H,7-12,23H2,1-6H3,(H,24,27)(H,25,28)(H,26,29)(H,30,31). The Morgan fingerprint density at radius 3 is 1.64 bits per heavy atom. The number of nitrogens with one attached hydrogen (secondary N) is 3. The van der Waals surface area contributed by atoms with Crippen LogP contribution < -0.4 is 21.7 Å². The number of thioether (sulfide) groups is 2.